The highest BCUT2D eigenvalue weighted by molar-refractivity contribution is 5.44. The summed E-state index contributed by atoms with van der Waals surface area (Å²) in [5.74, 6) is 1.15. The minimum Gasteiger partial charge on any atom is -0.493 e. The Bertz CT molecular complexity index is 388. The van der Waals surface area contributed by atoms with E-state index in [1.165, 1.54) is 49.7 Å². The van der Waals surface area contributed by atoms with Crippen LogP contribution in [-0.4, -0.2) is 6.61 Å². The summed E-state index contributed by atoms with van der Waals surface area (Å²) in [6, 6.07) is 6.70. The quantitative estimate of drug-likeness (QED) is 0.637. The van der Waals surface area contributed by atoms with Crippen molar-refractivity contribution in [3.63, 3.8) is 0 Å². The second-order valence-electron chi connectivity index (χ2n) is 5.44. The van der Waals surface area contributed by atoms with E-state index < -0.39 is 0 Å². The van der Waals surface area contributed by atoms with Gasteiger partial charge < -0.3 is 4.74 Å². The van der Waals surface area contributed by atoms with Gasteiger partial charge in [-0.1, -0.05) is 37.0 Å². The first-order valence-corrected chi connectivity index (χ1v) is 6.54. The second-order valence-corrected chi connectivity index (χ2v) is 5.44. The third-order valence-electron chi connectivity index (χ3n) is 4.36. The van der Waals surface area contributed by atoms with E-state index in [2.05, 4.69) is 25.1 Å². The van der Waals surface area contributed by atoms with Gasteiger partial charge in [0.2, 0.25) is 0 Å². The standard InChI is InChI=1S/C15H20O/c1-12-5-6-14-13(11-12)15(9-10-16-14)7-3-2-4-8-15/h5-6,11H,2-4,7-10H2,1H3. The molecular formula is C15H20O. The van der Waals surface area contributed by atoms with Crippen LogP contribution in [0.4, 0.5) is 0 Å². The Morgan fingerprint density at radius 2 is 1.88 bits per heavy atom. The Kier molecular flexibility index (Phi) is 2.42. The lowest BCUT2D eigenvalue weighted by Gasteiger charge is -2.42. The van der Waals surface area contributed by atoms with Crippen molar-refractivity contribution in [2.24, 2.45) is 0 Å². The number of benzene rings is 1. The average molecular weight is 216 g/mol. The molecule has 1 heteroatoms. The van der Waals surface area contributed by atoms with Crippen LogP contribution in [0.1, 0.15) is 49.7 Å². The van der Waals surface area contributed by atoms with Gasteiger partial charge in [0.25, 0.3) is 0 Å². The molecule has 0 N–H and O–H groups in total. The summed E-state index contributed by atoms with van der Waals surface area (Å²) in [7, 11) is 0. The summed E-state index contributed by atoms with van der Waals surface area (Å²) >= 11 is 0. The van der Waals surface area contributed by atoms with E-state index in [0.717, 1.165) is 12.4 Å². The highest BCUT2D eigenvalue weighted by atomic mass is 16.5. The molecule has 0 unspecified atom stereocenters. The highest BCUT2D eigenvalue weighted by Gasteiger charge is 2.38. The molecule has 1 heterocycles. The van der Waals surface area contributed by atoms with Crippen molar-refractivity contribution in [2.45, 2.75) is 50.9 Å². The van der Waals surface area contributed by atoms with Gasteiger partial charge in [-0.15, -0.1) is 0 Å². The summed E-state index contributed by atoms with van der Waals surface area (Å²) in [6.45, 7) is 3.10. The zero-order chi connectivity index (χ0) is 11.0. The molecule has 2 aliphatic rings. The van der Waals surface area contributed by atoms with Crippen molar-refractivity contribution in [1.29, 1.82) is 0 Å². The van der Waals surface area contributed by atoms with Crippen LogP contribution in [0.3, 0.4) is 0 Å². The number of rotatable bonds is 0. The van der Waals surface area contributed by atoms with Gasteiger partial charge >= 0.3 is 0 Å². The lowest BCUT2D eigenvalue weighted by molar-refractivity contribution is 0.174. The van der Waals surface area contributed by atoms with E-state index in [0.29, 0.717) is 5.41 Å². The van der Waals surface area contributed by atoms with E-state index in [1.54, 1.807) is 0 Å². The molecule has 1 nitrogen and oxygen atoms in total. The van der Waals surface area contributed by atoms with Gasteiger partial charge in [0.15, 0.2) is 0 Å². The summed E-state index contributed by atoms with van der Waals surface area (Å²) in [5, 5.41) is 0. The molecule has 1 aliphatic heterocycles. The molecule has 1 fully saturated rings. The second kappa shape index (κ2) is 3.80. The van der Waals surface area contributed by atoms with Gasteiger partial charge in [0, 0.05) is 11.0 Å². The minimum absolute atomic E-state index is 0.456. The normalized spacial score (nSPS) is 22.6. The van der Waals surface area contributed by atoms with E-state index in [-0.39, 0.29) is 0 Å². The maximum Gasteiger partial charge on any atom is 0.123 e. The topological polar surface area (TPSA) is 9.23 Å². The lowest BCUT2D eigenvalue weighted by atomic mass is 9.66. The maximum atomic E-state index is 5.81. The largest absolute Gasteiger partial charge is 0.493 e. The first-order valence-electron chi connectivity index (χ1n) is 6.54. The first kappa shape index (κ1) is 10.2. The molecule has 0 amide bonds. The van der Waals surface area contributed by atoms with Gasteiger partial charge in [-0.25, -0.2) is 0 Å². The molecule has 16 heavy (non-hydrogen) atoms. The van der Waals surface area contributed by atoms with Crippen LogP contribution in [0.2, 0.25) is 0 Å². The van der Waals surface area contributed by atoms with Gasteiger partial charge in [0.1, 0.15) is 5.75 Å². The van der Waals surface area contributed by atoms with Crippen molar-refractivity contribution in [1.82, 2.24) is 0 Å². The fraction of sp³-hybridized carbons (Fsp3) is 0.600. The average Bonchev–Trinajstić information content (AvgIpc) is 2.32. The van der Waals surface area contributed by atoms with Crippen molar-refractivity contribution >= 4 is 0 Å². The Morgan fingerprint density at radius 1 is 1.06 bits per heavy atom. The van der Waals surface area contributed by atoms with E-state index in [4.69, 9.17) is 4.74 Å². The van der Waals surface area contributed by atoms with Crippen molar-refractivity contribution < 1.29 is 4.74 Å². The monoisotopic (exact) mass is 216 g/mol. The number of aryl methyl sites for hydroxylation is 1. The Balaban J connectivity index is 2.06. The molecule has 1 aliphatic carbocycles. The first-order chi connectivity index (χ1) is 7.80. The SMILES string of the molecule is Cc1ccc2c(c1)C1(CCCCC1)CCO2. The molecule has 86 valence electrons. The smallest absolute Gasteiger partial charge is 0.123 e. The number of hydrogen-bond donors (Lipinski definition) is 0. The Morgan fingerprint density at radius 3 is 2.69 bits per heavy atom. The molecule has 1 spiro atoms. The molecule has 0 atom stereocenters. The van der Waals surface area contributed by atoms with Crippen LogP contribution in [0.15, 0.2) is 18.2 Å². The van der Waals surface area contributed by atoms with Crippen LogP contribution in [0.25, 0.3) is 0 Å². The van der Waals surface area contributed by atoms with E-state index in [1.807, 2.05) is 0 Å². The fourth-order valence-electron chi connectivity index (χ4n) is 3.42. The molecule has 1 saturated carbocycles. The Hall–Kier alpha value is -0.980. The molecule has 3 rings (SSSR count). The summed E-state index contributed by atoms with van der Waals surface area (Å²) < 4.78 is 5.81. The van der Waals surface area contributed by atoms with Crippen LogP contribution in [0.5, 0.6) is 5.75 Å². The zero-order valence-electron chi connectivity index (χ0n) is 10.1. The minimum atomic E-state index is 0.456. The van der Waals surface area contributed by atoms with E-state index in [9.17, 15) is 0 Å². The predicted octanol–water partition coefficient (Wildman–Crippen LogP) is 3.98. The highest BCUT2D eigenvalue weighted by Crippen LogP contribution is 2.48. The fourth-order valence-corrected chi connectivity index (χ4v) is 3.42. The van der Waals surface area contributed by atoms with Gasteiger partial charge in [-0.3, -0.25) is 0 Å². The van der Waals surface area contributed by atoms with E-state index >= 15 is 0 Å². The predicted molar refractivity (Wildman–Crippen MR) is 66.1 cm³/mol. The molecule has 1 aromatic rings. The molecule has 0 aromatic heterocycles. The number of hydrogen-bond acceptors (Lipinski definition) is 1. The van der Waals surface area contributed by atoms with Gasteiger partial charge in [0.05, 0.1) is 6.61 Å². The zero-order valence-corrected chi connectivity index (χ0v) is 10.1. The summed E-state index contributed by atoms with van der Waals surface area (Å²) in [5.41, 5.74) is 3.32. The summed E-state index contributed by atoms with van der Waals surface area (Å²) in [4.78, 5) is 0. The van der Waals surface area contributed by atoms with Gasteiger partial charge in [-0.05, 0) is 32.3 Å². The van der Waals surface area contributed by atoms with Crippen LogP contribution >= 0.6 is 0 Å². The maximum absolute atomic E-state index is 5.81. The lowest BCUT2D eigenvalue weighted by Crippen LogP contribution is -2.34. The molecular weight excluding hydrogens is 196 g/mol. The molecule has 0 bridgehead atoms. The van der Waals surface area contributed by atoms with Crippen LogP contribution < -0.4 is 4.74 Å². The number of fused-ring (bicyclic) bond motifs is 2. The molecule has 1 aromatic carbocycles. The number of ether oxygens (including phenoxy) is 1. The molecule has 0 saturated heterocycles. The Labute approximate surface area is 97.8 Å². The van der Waals surface area contributed by atoms with Crippen LogP contribution in [0, 0.1) is 6.92 Å². The van der Waals surface area contributed by atoms with Crippen molar-refractivity contribution in [3.05, 3.63) is 29.3 Å². The third-order valence-corrected chi connectivity index (χ3v) is 4.36. The van der Waals surface area contributed by atoms with Crippen molar-refractivity contribution in [2.75, 3.05) is 6.61 Å². The van der Waals surface area contributed by atoms with Gasteiger partial charge in [-0.2, -0.15) is 0 Å². The van der Waals surface area contributed by atoms with Crippen molar-refractivity contribution in [3.8, 4) is 5.75 Å². The van der Waals surface area contributed by atoms with Crippen LogP contribution in [-0.2, 0) is 5.41 Å². The molecule has 0 radical (unpaired) electrons. The summed E-state index contributed by atoms with van der Waals surface area (Å²) in [6.07, 6.45) is 8.17. The third kappa shape index (κ3) is 1.53.